The van der Waals surface area contributed by atoms with Gasteiger partial charge in [0.1, 0.15) is 0 Å². The van der Waals surface area contributed by atoms with Crippen molar-refractivity contribution in [1.29, 1.82) is 0 Å². The first-order valence-corrected chi connectivity index (χ1v) is 8.95. The second kappa shape index (κ2) is 7.07. The van der Waals surface area contributed by atoms with E-state index < -0.39 is 5.54 Å². The molecule has 1 aromatic carbocycles. The van der Waals surface area contributed by atoms with E-state index in [0.29, 0.717) is 12.8 Å². The Kier molecular flexibility index (Phi) is 5.06. The summed E-state index contributed by atoms with van der Waals surface area (Å²) < 4.78 is 3.11. The number of halogens is 1. The monoisotopic (exact) mass is 391 g/mol. The number of nitrogens with one attached hydrogen (secondary N) is 1. The molecule has 2 unspecified atom stereocenters. The molecular weight excluding hydrogens is 370 g/mol. The van der Waals surface area contributed by atoms with Crippen molar-refractivity contribution < 1.29 is 9.90 Å². The van der Waals surface area contributed by atoms with Crippen molar-refractivity contribution in [3.05, 3.63) is 52.5 Å². The van der Waals surface area contributed by atoms with Crippen LogP contribution in [0.15, 0.2) is 41.3 Å². The Labute approximate surface area is 150 Å². The van der Waals surface area contributed by atoms with Crippen LogP contribution in [0.1, 0.15) is 24.6 Å². The molecular formula is C18H22BrN3O2. The van der Waals surface area contributed by atoms with E-state index in [1.165, 1.54) is 0 Å². The minimum absolute atomic E-state index is 0.0103. The van der Waals surface area contributed by atoms with Gasteiger partial charge in [-0.05, 0) is 37.5 Å². The summed E-state index contributed by atoms with van der Waals surface area (Å²) in [5.41, 5.74) is 1.51. The fraction of sp³-hybridized carbons (Fsp3) is 0.444. The lowest BCUT2D eigenvalue weighted by molar-refractivity contribution is -0.128. The van der Waals surface area contributed by atoms with Crippen LogP contribution >= 0.6 is 15.9 Å². The van der Waals surface area contributed by atoms with Crippen molar-refractivity contribution in [2.24, 2.45) is 5.92 Å². The molecule has 0 fully saturated rings. The molecule has 5 nitrogen and oxygen atoms in total. The number of aryl methyl sites for hydroxylation is 1. The summed E-state index contributed by atoms with van der Waals surface area (Å²) in [5, 5.41) is 12.9. The summed E-state index contributed by atoms with van der Waals surface area (Å²) in [7, 11) is 0. The molecule has 128 valence electrons. The van der Waals surface area contributed by atoms with Crippen molar-refractivity contribution in [2.45, 2.75) is 38.3 Å². The van der Waals surface area contributed by atoms with Gasteiger partial charge >= 0.3 is 0 Å². The second-order valence-electron chi connectivity index (χ2n) is 6.78. The van der Waals surface area contributed by atoms with Crippen LogP contribution in [0, 0.1) is 5.92 Å². The van der Waals surface area contributed by atoms with Crippen molar-refractivity contribution in [2.75, 3.05) is 6.61 Å². The van der Waals surface area contributed by atoms with Crippen LogP contribution < -0.4 is 5.32 Å². The Morgan fingerprint density at radius 2 is 2.21 bits per heavy atom. The number of hydrogen-bond acceptors (Lipinski definition) is 3. The third kappa shape index (κ3) is 3.87. The lowest BCUT2D eigenvalue weighted by atomic mass is 9.90. The van der Waals surface area contributed by atoms with Crippen molar-refractivity contribution in [3.8, 4) is 0 Å². The Morgan fingerprint density at radius 1 is 1.46 bits per heavy atom. The number of carbonyl (C=O) groups excluding carboxylic acids is 1. The van der Waals surface area contributed by atoms with Gasteiger partial charge in [0.05, 0.1) is 18.5 Å². The minimum Gasteiger partial charge on any atom is -0.394 e. The highest BCUT2D eigenvalue weighted by molar-refractivity contribution is 9.10. The van der Waals surface area contributed by atoms with E-state index in [9.17, 15) is 9.90 Å². The Hall–Kier alpha value is -1.66. The van der Waals surface area contributed by atoms with Gasteiger partial charge in [-0.1, -0.05) is 28.1 Å². The predicted molar refractivity (Wildman–Crippen MR) is 95.5 cm³/mol. The van der Waals surface area contributed by atoms with E-state index in [1.54, 1.807) is 0 Å². The molecule has 0 saturated carbocycles. The first-order chi connectivity index (χ1) is 11.5. The van der Waals surface area contributed by atoms with Gasteiger partial charge in [-0.2, -0.15) is 0 Å². The Balaban J connectivity index is 1.65. The maximum atomic E-state index is 12.7. The predicted octanol–water partition coefficient (Wildman–Crippen LogP) is 2.32. The summed E-state index contributed by atoms with van der Waals surface area (Å²) in [6.07, 6.45) is 5.73. The number of rotatable bonds is 5. The fourth-order valence-electron chi connectivity index (χ4n) is 3.18. The molecule has 1 aliphatic heterocycles. The number of amides is 1. The molecule has 2 atom stereocenters. The molecule has 2 heterocycles. The first-order valence-electron chi connectivity index (χ1n) is 8.15. The van der Waals surface area contributed by atoms with Crippen LogP contribution in [0.2, 0.25) is 0 Å². The van der Waals surface area contributed by atoms with E-state index in [2.05, 4.69) is 30.8 Å². The zero-order chi connectivity index (χ0) is 17.2. The van der Waals surface area contributed by atoms with Gasteiger partial charge < -0.3 is 15.0 Å². The maximum Gasteiger partial charge on any atom is 0.224 e. The minimum atomic E-state index is -0.664. The molecule has 2 N–H and O–H groups in total. The highest BCUT2D eigenvalue weighted by atomic mass is 79.9. The quantitative estimate of drug-likeness (QED) is 0.821. The number of benzene rings is 1. The number of hydrogen-bond donors (Lipinski definition) is 2. The zero-order valence-corrected chi connectivity index (χ0v) is 15.3. The highest BCUT2D eigenvalue weighted by Crippen LogP contribution is 2.22. The van der Waals surface area contributed by atoms with Crippen molar-refractivity contribution >= 4 is 21.8 Å². The lowest BCUT2D eigenvalue weighted by Gasteiger charge is -2.32. The van der Waals surface area contributed by atoms with Crippen LogP contribution in [0.5, 0.6) is 0 Å². The number of imidazole rings is 1. The third-order valence-electron chi connectivity index (χ3n) is 4.62. The molecule has 1 amide bonds. The average Bonchev–Trinajstić information content (AvgIpc) is 3.04. The number of nitrogens with zero attached hydrogens (tertiary/aromatic N) is 2. The number of aromatic nitrogens is 2. The standard InChI is InChI=1S/C18H22BrN3O2/c1-18(11-23,9-13-2-4-15(19)5-3-13)21-17(24)14-6-7-22-12-20-10-16(22)8-14/h2-5,10,12,14,23H,6-9,11H2,1H3,(H,21,24). The summed E-state index contributed by atoms with van der Waals surface area (Å²) in [4.78, 5) is 16.8. The SMILES string of the molecule is CC(CO)(Cc1ccc(Br)cc1)NC(=O)C1CCn2cncc2C1. The fourth-order valence-corrected chi connectivity index (χ4v) is 3.45. The molecule has 0 bridgehead atoms. The number of carbonyl (C=O) groups is 1. The van der Waals surface area contributed by atoms with Crippen molar-refractivity contribution in [3.63, 3.8) is 0 Å². The van der Waals surface area contributed by atoms with E-state index in [4.69, 9.17) is 0 Å². The van der Waals surface area contributed by atoms with Crippen LogP contribution in [0.4, 0.5) is 0 Å². The summed E-state index contributed by atoms with van der Waals surface area (Å²) in [6.45, 7) is 2.61. The molecule has 2 aromatic rings. The van der Waals surface area contributed by atoms with Gasteiger partial charge in [-0.25, -0.2) is 4.98 Å². The largest absolute Gasteiger partial charge is 0.394 e. The Morgan fingerprint density at radius 3 is 2.92 bits per heavy atom. The molecule has 6 heteroatoms. The van der Waals surface area contributed by atoms with Crippen LogP contribution in [-0.4, -0.2) is 32.7 Å². The van der Waals surface area contributed by atoms with Crippen molar-refractivity contribution in [1.82, 2.24) is 14.9 Å². The van der Waals surface area contributed by atoms with Crippen LogP contribution in [-0.2, 0) is 24.2 Å². The first kappa shape index (κ1) is 17.2. The van der Waals surface area contributed by atoms with Gasteiger partial charge in [0.25, 0.3) is 0 Å². The molecule has 1 aromatic heterocycles. The van der Waals surface area contributed by atoms with Gasteiger partial charge in [0.15, 0.2) is 0 Å². The molecule has 3 rings (SSSR count). The number of aliphatic hydroxyl groups excluding tert-OH is 1. The molecule has 0 saturated heterocycles. The van der Waals surface area contributed by atoms with E-state index in [-0.39, 0.29) is 18.4 Å². The Bertz CT molecular complexity index is 713. The molecule has 24 heavy (non-hydrogen) atoms. The normalized spacial score (nSPS) is 19.4. The summed E-state index contributed by atoms with van der Waals surface area (Å²) in [6, 6.07) is 7.95. The molecule has 0 radical (unpaired) electrons. The van der Waals surface area contributed by atoms with E-state index in [0.717, 1.165) is 28.7 Å². The van der Waals surface area contributed by atoms with Gasteiger partial charge in [0, 0.05) is 35.2 Å². The average molecular weight is 392 g/mol. The molecule has 0 aliphatic carbocycles. The number of aliphatic hydroxyl groups is 1. The van der Waals surface area contributed by atoms with Gasteiger partial charge in [0.2, 0.25) is 5.91 Å². The lowest BCUT2D eigenvalue weighted by Crippen LogP contribution is -2.53. The summed E-state index contributed by atoms with van der Waals surface area (Å²) in [5.74, 6) is -0.0545. The molecule has 0 spiro atoms. The zero-order valence-electron chi connectivity index (χ0n) is 13.7. The van der Waals surface area contributed by atoms with E-state index in [1.807, 2.05) is 43.7 Å². The smallest absolute Gasteiger partial charge is 0.224 e. The van der Waals surface area contributed by atoms with Crippen LogP contribution in [0.25, 0.3) is 0 Å². The van der Waals surface area contributed by atoms with Crippen LogP contribution in [0.3, 0.4) is 0 Å². The van der Waals surface area contributed by atoms with Gasteiger partial charge in [-0.3, -0.25) is 4.79 Å². The second-order valence-corrected chi connectivity index (χ2v) is 7.70. The maximum absolute atomic E-state index is 12.7. The third-order valence-corrected chi connectivity index (χ3v) is 5.15. The topological polar surface area (TPSA) is 67.2 Å². The van der Waals surface area contributed by atoms with E-state index >= 15 is 0 Å². The summed E-state index contributed by atoms with van der Waals surface area (Å²) >= 11 is 3.42. The van der Waals surface area contributed by atoms with Gasteiger partial charge in [-0.15, -0.1) is 0 Å². The number of fused-ring (bicyclic) bond motifs is 1. The molecule has 1 aliphatic rings. The highest BCUT2D eigenvalue weighted by Gasteiger charge is 2.31.